The number of anilines is 1. The Hall–Kier alpha value is -4.43. The number of para-hydroxylation sites is 2. The Labute approximate surface area is 259 Å². The van der Waals surface area contributed by atoms with Crippen LogP contribution in [0.5, 0.6) is 0 Å². The molecule has 8 heteroatoms. The van der Waals surface area contributed by atoms with Crippen LogP contribution in [-0.2, 0) is 18.4 Å². The van der Waals surface area contributed by atoms with Crippen molar-refractivity contribution in [3.05, 3.63) is 114 Å². The summed E-state index contributed by atoms with van der Waals surface area (Å²) in [4.78, 5) is 33.4. The Morgan fingerprint density at radius 2 is 1.64 bits per heavy atom. The first-order chi connectivity index (χ1) is 21.7. The quantitative estimate of drug-likeness (QED) is 0.251. The van der Waals surface area contributed by atoms with Gasteiger partial charge in [0.2, 0.25) is 5.95 Å². The maximum atomic E-state index is 13.4. The largest absolute Gasteiger partial charge is 0.349 e. The Bertz CT molecular complexity index is 1670. The van der Waals surface area contributed by atoms with Crippen molar-refractivity contribution in [1.29, 1.82) is 0 Å². The molecule has 5 aromatic rings. The molecule has 7 rings (SSSR count). The van der Waals surface area contributed by atoms with Crippen LogP contribution in [0.4, 0.5) is 5.95 Å². The maximum Gasteiger partial charge on any atom is 0.253 e. The lowest BCUT2D eigenvalue weighted by Crippen LogP contribution is -2.39. The summed E-state index contributed by atoms with van der Waals surface area (Å²) in [5.74, 6) is 2.20. The van der Waals surface area contributed by atoms with Crippen molar-refractivity contribution in [2.75, 3.05) is 50.7 Å². The predicted octanol–water partition coefficient (Wildman–Crippen LogP) is 5.39. The van der Waals surface area contributed by atoms with Gasteiger partial charge >= 0.3 is 0 Å². The molecule has 2 fully saturated rings. The van der Waals surface area contributed by atoms with Crippen LogP contribution >= 0.6 is 0 Å². The van der Waals surface area contributed by atoms with Gasteiger partial charge in [-0.3, -0.25) is 4.79 Å². The number of H-pyrrole nitrogens is 1. The van der Waals surface area contributed by atoms with E-state index in [1.54, 1.807) is 0 Å². The molecule has 1 N–H and O–H groups in total. The molecule has 0 bridgehead atoms. The molecule has 0 spiro atoms. The molecule has 0 radical (unpaired) electrons. The number of aryl methyl sites for hydroxylation is 2. The molecular weight excluding hydrogens is 546 g/mol. The van der Waals surface area contributed by atoms with Gasteiger partial charge in [0.05, 0.1) is 11.0 Å². The Balaban J connectivity index is 1.05. The van der Waals surface area contributed by atoms with Gasteiger partial charge in [-0.1, -0.05) is 60.7 Å². The Morgan fingerprint density at radius 3 is 2.45 bits per heavy atom. The summed E-state index contributed by atoms with van der Waals surface area (Å²) in [6.45, 7) is 7.42. The number of nitrogens with zero attached hydrogens (tertiary/aromatic N) is 6. The zero-order chi connectivity index (χ0) is 29.8. The number of carbonyl (C=O) groups is 1. The van der Waals surface area contributed by atoms with E-state index < -0.39 is 0 Å². The lowest BCUT2D eigenvalue weighted by Gasteiger charge is -2.33. The molecule has 2 aromatic heterocycles. The third-order valence-electron chi connectivity index (χ3n) is 9.59. The first-order valence-corrected chi connectivity index (χ1v) is 16.0. The van der Waals surface area contributed by atoms with Gasteiger partial charge in [0.25, 0.3) is 5.91 Å². The highest BCUT2D eigenvalue weighted by atomic mass is 16.2. The van der Waals surface area contributed by atoms with Crippen molar-refractivity contribution < 1.29 is 4.79 Å². The number of aromatic amines is 1. The second-order valence-electron chi connectivity index (χ2n) is 12.3. The van der Waals surface area contributed by atoms with Crippen LogP contribution in [0.1, 0.15) is 41.0 Å². The number of amides is 1. The summed E-state index contributed by atoms with van der Waals surface area (Å²) >= 11 is 0. The molecule has 0 aliphatic carbocycles. The molecule has 44 heavy (non-hydrogen) atoms. The standard InChI is InChI=1S/C36H41N7O/c44-34(29-10-3-1-4-11-29)42-25-18-36(28-42,30-12-5-2-6-13-30)17-24-40-21-9-22-41(27-26-40)35-39-31-14-7-8-15-32(31)43(35)23-16-33-37-19-20-38-33/h1-8,10-15,19-20H,9,16-18,21-28H2,(H,37,38). The number of hydrogen-bond donors (Lipinski definition) is 1. The molecule has 226 valence electrons. The normalized spacial score (nSPS) is 19.5. The number of fused-ring (bicyclic) bond motifs is 1. The number of aromatic nitrogens is 4. The summed E-state index contributed by atoms with van der Waals surface area (Å²) in [7, 11) is 0. The minimum Gasteiger partial charge on any atom is -0.349 e. The van der Waals surface area contributed by atoms with E-state index in [4.69, 9.17) is 4.98 Å². The number of rotatable bonds is 9. The van der Waals surface area contributed by atoms with E-state index in [1.165, 1.54) is 11.1 Å². The van der Waals surface area contributed by atoms with Crippen molar-refractivity contribution in [2.24, 2.45) is 0 Å². The van der Waals surface area contributed by atoms with Gasteiger partial charge in [-0.2, -0.15) is 0 Å². The second kappa shape index (κ2) is 12.7. The first-order valence-electron chi connectivity index (χ1n) is 16.0. The fourth-order valence-electron chi connectivity index (χ4n) is 7.13. The van der Waals surface area contributed by atoms with Gasteiger partial charge in [-0.25, -0.2) is 9.97 Å². The molecule has 2 aliphatic rings. The highest BCUT2D eigenvalue weighted by Crippen LogP contribution is 2.38. The average molecular weight is 588 g/mol. The molecule has 4 heterocycles. The molecular formula is C36H41N7O. The number of benzene rings is 3. The number of likely N-dealkylation sites (tertiary alicyclic amines) is 1. The number of hydrogen-bond acceptors (Lipinski definition) is 5. The smallest absolute Gasteiger partial charge is 0.253 e. The average Bonchev–Trinajstić information content (AvgIpc) is 3.80. The van der Waals surface area contributed by atoms with E-state index in [-0.39, 0.29) is 11.3 Å². The highest BCUT2D eigenvalue weighted by molar-refractivity contribution is 5.94. The van der Waals surface area contributed by atoms with Crippen LogP contribution in [0.3, 0.4) is 0 Å². The molecule has 2 aliphatic heterocycles. The van der Waals surface area contributed by atoms with Crippen LogP contribution in [0.25, 0.3) is 11.0 Å². The SMILES string of the molecule is O=C(c1ccccc1)N1CCC(CCN2CCCN(c3nc4ccccc4n3CCc3ncc[nH]3)CC2)(c2ccccc2)C1. The van der Waals surface area contributed by atoms with Gasteiger partial charge in [0.1, 0.15) is 5.82 Å². The van der Waals surface area contributed by atoms with Crippen molar-refractivity contribution in [3.63, 3.8) is 0 Å². The van der Waals surface area contributed by atoms with Crippen molar-refractivity contribution in [1.82, 2.24) is 29.3 Å². The van der Waals surface area contributed by atoms with Gasteiger partial charge in [-0.15, -0.1) is 0 Å². The molecule has 1 unspecified atom stereocenters. The molecule has 3 aromatic carbocycles. The summed E-state index contributed by atoms with van der Waals surface area (Å²) in [6.07, 6.45) is 7.67. The summed E-state index contributed by atoms with van der Waals surface area (Å²) in [6, 6.07) is 29.1. The van der Waals surface area contributed by atoms with E-state index >= 15 is 0 Å². The van der Waals surface area contributed by atoms with Gasteiger partial charge in [0.15, 0.2) is 0 Å². The van der Waals surface area contributed by atoms with Gasteiger partial charge in [0, 0.05) is 69.1 Å². The van der Waals surface area contributed by atoms with E-state index in [2.05, 4.69) is 83.8 Å². The molecule has 2 saturated heterocycles. The molecule has 0 saturated carbocycles. The Morgan fingerprint density at radius 1 is 0.841 bits per heavy atom. The van der Waals surface area contributed by atoms with Gasteiger partial charge < -0.3 is 24.3 Å². The second-order valence-corrected chi connectivity index (χ2v) is 12.3. The predicted molar refractivity (Wildman–Crippen MR) is 175 cm³/mol. The van der Waals surface area contributed by atoms with E-state index in [9.17, 15) is 4.79 Å². The monoisotopic (exact) mass is 587 g/mol. The van der Waals surface area contributed by atoms with Crippen LogP contribution in [0.15, 0.2) is 97.3 Å². The fraction of sp³-hybridized carbons (Fsp3) is 0.361. The van der Waals surface area contributed by atoms with Crippen LogP contribution in [0, 0.1) is 0 Å². The number of nitrogens with one attached hydrogen (secondary N) is 1. The topological polar surface area (TPSA) is 73.3 Å². The summed E-state index contributed by atoms with van der Waals surface area (Å²) in [5.41, 5.74) is 4.32. The van der Waals surface area contributed by atoms with Crippen molar-refractivity contribution in [3.8, 4) is 0 Å². The van der Waals surface area contributed by atoms with Gasteiger partial charge in [-0.05, 0) is 62.2 Å². The lowest BCUT2D eigenvalue weighted by atomic mass is 9.76. The minimum atomic E-state index is -0.0302. The van der Waals surface area contributed by atoms with Crippen molar-refractivity contribution >= 4 is 22.9 Å². The van der Waals surface area contributed by atoms with Crippen molar-refractivity contribution in [2.45, 2.75) is 37.6 Å². The van der Waals surface area contributed by atoms with Crippen LogP contribution < -0.4 is 4.90 Å². The third-order valence-corrected chi connectivity index (χ3v) is 9.59. The summed E-state index contributed by atoms with van der Waals surface area (Å²) < 4.78 is 2.37. The highest BCUT2D eigenvalue weighted by Gasteiger charge is 2.41. The number of carbonyl (C=O) groups excluding carboxylic acids is 1. The summed E-state index contributed by atoms with van der Waals surface area (Å²) in [5, 5.41) is 0. The molecule has 1 atom stereocenters. The zero-order valence-electron chi connectivity index (χ0n) is 25.3. The van der Waals surface area contributed by atoms with E-state index in [1.807, 2.05) is 42.7 Å². The fourth-order valence-corrected chi connectivity index (χ4v) is 7.13. The van der Waals surface area contributed by atoms with E-state index in [0.29, 0.717) is 0 Å². The molecule has 8 nitrogen and oxygen atoms in total. The molecule has 1 amide bonds. The van der Waals surface area contributed by atoms with E-state index in [0.717, 1.165) is 101 Å². The first kappa shape index (κ1) is 28.3. The number of imidazole rings is 2. The zero-order valence-corrected chi connectivity index (χ0v) is 25.3. The Kier molecular flexibility index (Phi) is 8.16. The van der Waals surface area contributed by atoms with Crippen LogP contribution in [-0.4, -0.2) is 81.0 Å². The van der Waals surface area contributed by atoms with Crippen LogP contribution in [0.2, 0.25) is 0 Å². The third kappa shape index (κ3) is 5.86. The minimum absolute atomic E-state index is 0.0302. The maximum absolute atomic E-state index is 13.4. The lowest BCUT2D eigenvalue weighted by molar-refractivity contribution is 0.0781.